The van der Waals surface area contributed by atoms with Gasteiger partial charge in [0.15, 0.2) is 5.82 Å². The molecule has 0 spiro atoms. The van der Waals surface area contributed by atoms with Crippen molar-refractivity contribution in [2.45, 2.75) is 20.8 Å². The highest BCUT2D eigenvalue weighted by Gasteiger charge is 2.07. The second kappa shape index (κ2) is 9.03. The van der Waals surface area contributed by atoms with Crippen LogP contribution in [0.2, 0.25) is 0 Å². The zero-order valence-corrected chi connectivity index (χ0v) is 16.7. The van der Waals surface area contributed by atoms with Crippen LogP contribution in [0, 0.1) is 6.92 Å². The van der Waals surface area contributed by atoms with Crippen LogP contribution < -0.4 is 20.3 Å². The Morgan fingerprint density at radius 2 is 1.75 bits per heavy atom. The number of benzene rings is 2. The van der Waals surface area contributed by atoms with Crippen LogP contribution in [0.15, 0.2) is 48.7 Å². The van der Waals surface area contributed by atoms with Crippen molar-refractivity contribution in [2.75, 3.05) is 35.7 Å². The number of nitrogens with zero attached hydrogens (tertiary/aromatic N) is 4. The van der Waals surface area contributed by atoms with E-state index in [9.17, 15) is 0 Å². The maximum absolute atomic E-state index is 5.39. The second-order valence-corrected chi connectivity index (χ2v) is 6.34. The molecule has 0 bridgehead atoms. The summed E-state index contributed by atoms with van der Waals surface area (Å²) in [6, 6.07) is 14.1. The number of ether oxygens (including phenoxy) is 1. The fourth-order valence-corrected chi connectivity index (χ4v) is 2.95. The van der Waals surface area contributed by atoms with E-state index in [0.717, 1.165) is 35.8 Å². The Morgan fingerprint density at radius 1 is 1.00 bits per heavy atom. The van der Waals surface area contributed by atoms with E-state index in [1.165, 1.54) is 5.69 Å². The zero-order chi connectivity index (χ0) is 19.9. The summed E-state index contributed by atoms with van der Waals surface area (Å²) in [7, 11) is 1.63. The Morgan fingerprint density at radius 3 is 2.43 bits per heavy atom. The first kappa shape index (κ1) is 19.4. The van der Waals surface area contributed by atoms with Gasteiger partial charge in [0.2, 0.25) is 5.95 Å². The van der Waals surface area contributed by atoms with Gasteiger partial charge in [-0.2, -0.15) is 10.1 Å². The topological polar surface area (TPSA) is 75.2 Å². The average molecular weight is 378 g/mol. The van der Waals surface area contributed by atoms with Crippen LogP contribution >= 0.6 is 0 Å². The summed E-state index contributed by atoms with van der Waals surface area (Å²) in [6.45, 7) is 8.29. The Balaban J connectivity index is 1.74. The van der Waals surface area contributed by atoms with E-state index in [1.807, 2.05) is 37.3 Å². The summed E-state index contributed by atoms with van der Waals surface area (Å²) in [5.74, 6) is 1.73. The van der Waals surface area contributed by atoms with Gasteiger partial charge in [-0.3, -0.25) is 0 Å². The van der Waals surface area contributed by atoms with Crippen molar-refractivity contribution in [1.82, 2.24) is 15.2 Å². The summed E-state index contributed by atoms with van der Waals surface area (Å²) in [5.41, 5.74) is 4.05. The van der Waals surface area contributed by atoms with E-state index >= 15 is 0 Å². The monoisotopic (exact) mass is 378 g/mol. The van der Waals surface area contributed by atoms with Crippen LogP contribution in [0.4, 0.5) is 28.8 Å². The minimum atomic E-state index is 0.397. The first-order chi connectivity index (χ1) is 13.6. The van der Waals surface area contributed by atoms with Gasteiger partial charge in [0, 0.05) is 24.5 Å². The van der Waals surface area contributed by atoms with Gasteiger partial charge in [0.1, 0.15) is 5.75 Å². The number of anilines is 5. The quantitative estimate of drug-likeness (QED) is 0.597. The number of hydrogen-bond donors (Lipinski definition) is 2. The molecule has 7 heteroatoms. The molecule has 0 aliphatic rings. The van der Waals surface area contributed by atoms with Crippen LogP contribution in [0.1, 0.15) is 19.4 Å². The molecule has 0 atom stereocenters. The van der Waals surface area contributed by atoms with Crippen molar-refractivity contribution >= 4 is 28.8 Å². The Kier molecular flexibility index (Phi) is 6.26. The van der Waals surface area contributed by atoms with Crippen molar-refractivity contribution in [3.63, 3.8) is 0 Å². The molecule has 2 N–H and O–H groups in total. The van der Waals surface area contributed by atoms with Crippen LogP contribution in [0.3, 0.4) is 0 Å². The molecule has 0 radical (unpaired) electrons. The normalized spacial score (nSPS) is 10.4. The third kappa shape index (κ3) is 4.68. The van der Waals surface area contributed by atoms with E-state index in [2.05, 4.69) is 56.7 Å². The third-order valence-corrected chi connectivity index (χ3v) is 4.43. The molecule has 1 aromatic heterocycles. The maximum Gasteiger partial charge on any atom is 0.249 e. The third-order valence-electron chi connectivity index (χ3n) is 4.43. The Hall–Kier alpha value is -3.35. The fraction of sp³-hybridized carbons (Fsp3) is 0.286. The van der Waals surface area contributed by atoms with Gasteiger partial charge in [-0.15, -0.1) is 5.10 Å². The molecule has 146 valence electrons. The van der Waals surface area contributed by atoms with Crippen molar-refractivity contribution in [1.29, 1.82) is 0 Å². The van der Waals surface area contributed by atoms with Crippen molar-refractivity contribution < 1.29 is 4.74 Å². The van der Waals surface area contributed by atoms with Crippen LogP contribution in [-0.2, 0) is 0 Å². The highest BCUT2D eigenvalue weighted by Crippen LogP contribution is 2.27. The van der Waals surface area contributed by atoms with E-state index in [-0.39, 0.29) is 0 Å². The van der Waals surface area contributed by atoms with Crippen LogP contribution in [0.5, 0.6) is 5.75 Å². The van der Waals surface area contributed by atoms with Crippen molar-refractivity contribution in [3.8, 4) is 5.75 Å². The number of methoxy groups -OCH3 is 1. The van der Waals surface area contributed by atoms with Gasteiger partial charge in [-0.25, -0.2) is 0 Å². The SMILES string of the molecule is CCN(CC)c1ccc(Nc2cnnc(Nc3cc(C)ccc3OC)n2)cc1. The maximum atomic E-state index is 5.39. The number of rotatable bonds is 8. The Labute approximate surface area is 165 Å². The summed E-state index contributed by atoms with van der Waals surface area (Å²) < 4.78 is 5.39. The molecule has 0 saturated heterocycles. The number of aryl methyl sites for hydroxylation is 1. The van der Waals surface area contributed by atoms with E-state index in [0.29, 0.717) is 11.8 Å². The molecule has 28 heavy (non-hydrogen) atoms. The molecule has 7 nitrogen and oxygen atoms in total. The van der Waals surface area contributed by atoms with Crippen LogP contribution in [-0.4, -0.2) is 35.4 Å². The lowest BCUT2D eigenvalue weighted by Crippen LogP contribution is -2.21. The standard InChI is InChI=1S/C21H26N6O/c1-5-27(6-2)17-10-8-16(9-11-17)23-20-14-22-26-21(25-20)24-18-13-15(3)7-12-19(18)28-4/h7-14H,5-6H2,1-4H3,(H2,23,24,25,26). The molecule has 0 aliphatic heterocycles. The minimum Gasteiger partial charge on any atom is -0.495 e. The van der Waals surface area contributed by atoms with Gasteiger partial charge < -0.3 is 20.3 Å². The lowest BCUT2D eigenvalue weighted by Gasteiger charge is -2.21. The van der Waals surface area contributed by atoms with Gasteiger partial charge in [-0.05, 0) is 62.7 Å². The largest absolute Gasteiger partial charge is 0.495 e. The van der Waals surface area contributed by atoms with Gasteiger partial charge in [0.25, 0.3) is 0 Å². The molecule has 1 heterocycles. The molecule has 3 rings (SSSR count). The lowest BCUT2D eigenvalue weighted by molar-refractivity contribution is 0.416. The number of nitrogens with one attached hydrogen (secondary N) is 2. The number of hydrogen-bond acceptors (Lipinski definition) is 7. The molecule has 0 amide bonds. The van der Waals surface area contributed by atoms with E-state index < -0.39 is 0 Å². The predicted octanol–water partition coefficient (Wildman–Crippen LogP) is 4.52. The molecule has 0 unspecified atom stereocenters. The number of aromatic nitrogens is 3. The zero-order valence-electron chi connectivity index (χ0n) is 16.7. The Bertz CT molecular complexity index is 909. The fourth-order valence-electron chi connectivity index (χ4n) is 2.95. The van der Waals surface area contributed by atoms with E-state index in [4.69, 9.17) is 4.74 Å². The smallest absolute Gasteiger partial charge is 0.249 e. The molecule has 3 aromatic rings. The second-order valence-electron chi connectivity index (χ2n) is 6.34. The molecule has 0 aliphatic carbocycles. The van der Waals surface area contributed by atoms with Crippen molar-refractivity contribution in [3.05, 3.63) is 54.2 Å². The molecule has 0 saturated carbocycles. The first-order valence-electron chi connectivity index (χ1n) is 9.36. The molecule has 0 fully saturated rings. The molecule has 2 aromatic carbocycles. The van der Waals surface area contributed by atoms with E-state index in [1.54, 1.807) is 13.3 Å². The summed E-state index contributed by atoms with van der Waals surface area (Å²) in [4.78, 5) is 6.80. The van der Waals surface area contributed by atoms with Gasteiger partial charge in [0.05, 0.1) is 19.0 Å². The lowest BCUT2D eigenvalue weighted by atomic mass is 10.2. The highest BCUT2D eigenvalue weighted by molar-refractivity contribution is 5.65. The van der Waals surface area contributed by atoms with Gasteiger partial charge in [-0.1, -0.05) is 6.07 Å². The van der Waals surface area contributed by atoms with Crippen LogP contribution in [0.25, 0.3) is 0 Å². The van der Waals surface area contributed by atoms with Crippen molar-refractivity contribution in [2.24, 2.45) is 0 Å². The first-order valence-corrected chi connectivity index (χ1v) is 9.36. The molecular weight excluding hydrogens is 352 g/mol. The minimum absolute atomic E-state index is 0.397. The summed E-state index contributed by atoms with van der Waals surface area (Å²) >= 11 is 0. The summed E-state index contributed by atoms with van der Waals surface area (Å²) in [6.07, 6.45) is 1.59. The summed E-state index contributed by atoms with van der Waals surface area (Å²) in [5, 5.41) is 14.5. The predicted molar refractivity (Wildman–Crippen MR) is 114 cm³/mol. The molecular formula is C21H26N6O. The average Bonchev–Trinajstić information content (AvgIpc) is 2.71. The highest BCUT2D eigenvalue weighted by atomic mass is 16.5. The van der Waals surface area contributed by atoms with Gasteiger partial charge >= 0.3 is 0 Å².